The third-order valence-corrected chi connectivity index (χ3v) is 3.77. The third-order valence-electron chi connectivity index (χ3n) is 2.65. The van der Waals surface area contributed by atoms with E-state index in [1.54, 1.807) is 0 Å². The summed E-state index contributed by atoms with van der Waals surface area (Å²) in [4.78, 5) is 27.5. The van der Waals surface area contributed by atoms with Crippen molar-refractivity contribution in [2.24, 2.45) is 4.99 Å². The molecule has 1 aliphatic heterocycles. The third kappa shape index (κ3) is 4.01. The van der Waals surface area contributed by atoms with Crippen molar-refractivity contribution in [3.05, 3.63) is 29.8 Å². The van der Waals surface area contributed by atoms with Gasteiger partial charge in [0.15, 0.2) is 5.17 Å². The van der Waals surface area contributed by atoms with Crippen LogP contribution in [0.25, 0.3) is 0 Å². The van der Waals surface area contributed by atoms with Gasteiger partial charge in [0.25, 0.3) is 0 Å². The molecule has 112 valence electrons. The normalized spacial score (nSPS) is 19.7. The number of amidine groups is 1. The number of thioether (sulfide) groups is 1. The van der Waals surface area contributed by atoms with Crippen LogP contribution in [0.2, 0.25) is 0 Å². The van der Waals surface area contributed by atoms with Gasteiger partial charge in [-0.1, -0.05) is 11.8 Å². The van der Waals surface area contributed by atoms with Crippen LogP contribution in [0.5, 0.6) is 0 Å². The molecule has 1 saturated heterocycles. The van der Waals surface area contributed by atoms with Crippen LogP contribution in [0, 0.1) is 11.6 Å². The summed E-state index contributed by atoms with van der Waals surface area (Å²) in [5.41, 5.74) is -0.118. The molecule has 2 rings (SSSR count). The highest BCUT2D eigenvalue weighted by Gasteiger charge is 2.31. The van der Waals surface area contributed by atoms with Crippen molar-refractivity contribution in [1.82, 2.24) is 5.32 Å². The summed E-state index contributed by atoms with van der Waals surface area (Å²) < 4.78 is 26.2. The molecular formula is C13H13F2N3O2S. The van der Waals surface area contributed by atoms with E-state index in [-0.39, 0.29) is 18.0 Å². The van der Waals surface area contributed by atoms with Crippen LogP contribution in [0.3, 0.4) is 0 Å². The Morgan fingerprint density at radius 1 is 1.48 bits per heavy atom. The first-order chi connectivity index (χ1) is 9.99. The van der Waals surface area contributed by atoms with Gasteiger partial charge in [-0.15, -0.1) is 0 Å². The predicted molar refractivity (Wildman–Crippen MR) is 77.1 cm³/mol. The van der Waals surface area contributed by atoms with Crippen LogP contribution in [0.4, 0.5) is 14.5 Å². The summed E-state index contributed by atoms with van der Waals surface area (Å²) in [6, 6.07) is 2.86. The lowest BCUT2D eigenvalue weighted by atomic mass is 10.2. The van der Waals surface area contributed by atoms with Gasteiger partial charge in [-0.05, 0) is 19.1 Å². The molecule has 0 radical (unpaired) electrons. The quantitative estimate of drug-likeness (QED) is 0.892. The van der Waals surface area contributed by atoms with Crippen LogP contribution >= 0.6 is 11.8 Å². The molecule has 0 aromatic heterocycles. The van der Waals surface area contributed by atoms with Gasteiger partial charge in [0, 0.05) is 19.0 Å². The zero-order valence-electron chi connectivity index (χ0n) is 11.2. The van der Waals surface area contributed by atoms with E-state index in [2.05, 4.69) is 15.6 Å². The lowest BCUT2D eigenvalue weighted by Gasteiger charge is -2.08. The van der Waals surface area contributed by atoms with Crippen molar-refractivity contribution in [1.29, 1.82) is 0 Å². The first-order valence-electron chi connectivity index (χ1n) is 6.26. The Balaban J connectivity index is 1.96. The van der Waals surface area contributed by atoms with Crippen molar-refractivity contribution < 1.29 is 18.4 Å². The van der Waals surface area contributed by atoms with E-state index >= 15 is 0 Å². The van der Waals surface area contributed by atoms with E-state index < -0.39 is 22.8 Å². The minimum atomic E-state index is -0.861. The number of rotatable bonds is 4. The molecule has 1 fully saturated rings. The molecule has 1 aliphatic rings. The maximum Gasteiger partial charge on any atom is 0.240 e. The minimum Gasteiger partial charge on any atom is -0.324 e. The van der Waals surface area contributed by atoms with Crippen molar-refractivity contribution >= 4 is 34.4 Å². The Kier molecular flexibility index (Phi) is 4.89. The van der Waals surface area contributed by atoms with Crippen LogP contribution < -0.4 is 10.6 Å². The molecule has 0 saturated carbocycles. The van der Waals surface area contributed by atoms with Gasteiger partial charge in [0.1, 0.15) is 16.9 Å². The molecule has 1 aromatic carbocycles. The number of nitrogens with zero attached hydrogens (tertiary/aromatic N) is 1. The van der Waals surface area contributed by atoms with E-state index in [1.807, 2.05) is 6.92 Å². The summed E-state index contributed by atoms with van der Waals surface area (Å²) in [7, 11) is 0. The van der Waals surface area contributed by atoms with Crippen molar-refractivity contribution in [3.8, 4) is 0 Å². The monoisotopic (exact) mass is 313 g/mol. The second-order valence-corrected chi connectivity index (χ2v) is 5.44. The smallest absolute Gasteiger partial charge is 0.240 e. The molecular weight excluding hydrogens is 300 g/mol. The van der Waals surface area contributed by atoms with Crippen molar-refractivity contribution in [2.45, 2.75) is 18.6 Å². The van der Waals surface area contributed by atoms with E-state index in [0.29, 0.717) is 17.8 Å². The first-order valence-corrected chi connectivity index (χ1v) is 7.14. The number of amides is 2. The Labute approximate surface area is 124 Å². The number of hydrogen-bond acceptors (Lipinski definition) is 4. The molecule has 1 heterocycles. The number of carbonyl (C=O) groups is 2. The Bertz CT molecular complexity index is 607. The molecule has 0 bridgehead atoms. The lowest BCUT2D eigenvalue weighted by molar-refractivity contribution is -0.122. The van der Waals surface area contributed by atoms with Gasteiger partial charge >= 0.3 is 0 Å². The highest BCUT2D eigenvalue weighted by Crippen LogP contribution is 2.23. The fourth-order valence-electron chi connectivity index (χ4n) is 1.72. The van der Waals surface area contributed by atoms with Gasteiger partial charge in [0.2, 0.25) is 11.8 Å². The number of aliphatic imine (C=N–C) groups is 1. The summed E-state index contributed by atoms with van der Waals surface area (Å²) in [6.45, 7) is 2.36. The number of benzene rings is 1. The zero-order chi connectivity index (χ0) is 15.4. The molecule has 0 aliphatic carbocycles. The second kappa shape index (κ2) is 6.66. The Morgan fingerprint density at radius 3 is 2.90 bits per heavy atom. The SMILES string of the molecule is CCN=C1NC(=O)[C@@H](CC(=O)Nc2ccc(F)cc2F)S1. The molecule has 2 N–H and O–H groups in total. The number of carbonyl (C=O) groups excluding carboxylic acids is 2. The number of hydrogen-bond donors (Lipinski definition) is 2. The average Bonchev–Trinajstić information content (AvgIpc) is 2.74. The van der Waals surface area contributed by atoms with Gasteiger partial charge in [-0.3, -0.25) is 14.6 Å². The molecule has 5 nitrogen and oxygen atoms in total. The fraction of sp³-hybridized carbons (Fsp3) is 0.308. The largest absolute Gasteiger partial charge is 0.324 e. The molecule has 2 amide bonds. The maximum absolute atomic E-state index is 13.4. The van der Waals surface area contributed by atoms with Crippen molar-refractivity contribution in [3.63, 3.8) is 0 Å². The Hall–Kier alpha value is -1.96. The van der Waals surface area contributed by atoms with Gasteiger partial charge in [0.05, 0.1) is 5.69 Å². The number of anilines is 1. The van der Waals surface area contributed by atoms with Crippen LogP contribution in [-0.2, 0) is 9.59 Å². The molecule has 1 atom stereocenters. The summed E-state index contributed by atoms with van der Waals surface area (Å²) in [6.07, 6.45) is -0.115. The highest BCUT2D eigenvalue weighted by molar-refractivity contribution is 8.15. The van der Waals surface area contributed by atoms with Crippen LogP contribution in [0.15, 0.2) is 23.2 Å². The number of halogens is 2. The van der Waals surface area contributed by atoms with Gasteiger partial charge in [-0.25, -0.2) is 8.78 Å². The fourth-order valence-corrected chi connectivity index (χ4v) is 2.75. The maximum atomic E-state index is 13.4. The van der Waals surface area contributed by atoms with E-state index in [4.69, 9.17) is 0 Å². The van der Waals surface area contributed by atoms with Gasteiger partial charge < -0.3 is 10.6 Å². The van der Waals surface area contributed by atoms with Crippen LogP contribution in [0.1, 0.15) is 13.3 Å². The minimum absolute atomic E-state index is 0.115. The predicted octanol–water partition coefficient (Wildman–Crippen LogP) is 1.90. The van der Waals surface area contributed by atoms with Crippen LogP contribution in [-0.4, -0.2) is 28.8 Å². The summed E-state index contributed by atoms with van der Waals surface area (Å²) in [5.74, 6) is -2.41. The molecule has 8 heteroatoms. The zero-order valence-corrected chi connectivity index (χ0v) is 12.0. The first kappa shape index (κ1) is 15.4. The molecule has 21 heavy (non-hydrogen) atoms. The van der Waals surface area contributed by atoms with E-state index in [1.165, 1.54) is 0 Å². The molecule has 1 aromatic rings. The van der Waals surface area contributed by atoms with E-state index in [9.17, 15) is 18.4 Å². The number of nitrogens with one attached hydrogen (secondary N) is 2. The summed E-state index contributed by atoms with van der Waals surface area (Å²) >= 11 is 1.16. The van der Waals surface area contributed by atoms with Gasteiger partial charge in [-0.2, -0.15) is 0 Å². The second-order valence-electron chi connectivity index (χ2n) is 4.25. The van der Waals surface area contributed by atoms with E-state index in [0.717, 1.165) is 23.9 Å². The highest BCUT2D eigenvalue weighted by atomic mass is 32.2. The molecule has 0 spiro atoms. The Morgan fingerprint density at radius 2 is 2.24 bits per heavy atom. The standard InChI is InChI=1S/C13H13F2N3O2S/c1-2-16-13-18-12(20)10(21-13)6-11(19)17-9-4-3-7(14)5-8(9)15/h3-5,10H,2,6H2,1H3,(H,17,19)(H,16,18,20)/t10-/m1/s1. The average molecular weight is 313 g/mol. The summed E-state index contributed by atoms with van der Waals surface area (Å²) in [5, 5.41) is 4.76. The topological polar surface area (TPSA) is 70.6 Å². The van der Waals surface area contributed by atoms with Crippen molar-refractivity contribution in [2.75, 3.05) is 11.9 Å². The lowest BCUT2D eigenvalue weighted by Crippen LogP contribution is -2.28. The molecule has 0 unspecified atom stereocenters.